The van der Waals surface area contributed by atoms with E-state index < -0.39 is 11.6 Å². The van der Waals surface area contributed by atoms with Crippen molar-refractivity contribution in [3.63, 3.8) is 0 Å². The van der Waals surface area contributed by atoms with Gasteiger partial charge in [0.2, 0.25) is 0 Å². The number of nitrogens with zero attached hydrogens (tertiary/aromatic N) is 1. The van der Waals surface area contributed by atoms with Crippen molar-refractivity contribution in [1.29, 1.82) is 0 Å². The normalized spacial score (nSPS) is 10.6. The molecule has 0 saturated heterocycles. The lowest BCUT2D eigenvalue weighted by Crippen LogP contribution is -1.88. The minimum Gasteiger partial charge on any atom is -0.389 e. The number of nitrogens with two attached hydrogens (primary N) is 1. The summed E-state index contributed by atoms with van der Waals surface area (Å²) in [5.41, 5.74) is 6.08. The molecule has 0 spiro atoms. The van der Waals surface area contributed by atoms with E-state index in [4.69, 9.17) is 5.73 Å². The maximum Gasteiger partial charge on any atom is 0.136 e. The van der Waals surface area contributed by atoms with Crippen LogP contribution in [0.15, 0.2) is 18.2 Å². The summed E-state index contributed by atoms with van der Waals surface area (Å²) in [5.74, 6) is -1.24. The first-order valence-corrected chi connectivity index (χ1v) is 5.08. The molecule has 0 aliphatic carbocycles. The highest BCUT2D eigenvalue weighted by atomic mass is 32.1. The molecule has 0 bridgehead atoms. The molecule has 1 aromatic carbocycles. The number of nitrogen functional groups attached to an aromatic ring is 1. The van der Waals surface area contributed by atoms with Gasteiger partial charge in [-0.1, -0.05) is 17.4 Å². The smallest absolute Gasteiger partial charge is 0.136 e. The van der Waals surface area contributed by atoms with Gasteiger partial charge in [0.05, 0.1) is 11.3 Å². The number of hydrogen-bond acceptors (Lipinski definition) is 3. The van der Waals surface area contributed by atoms with Gasteiger partial charge in [0.1, 0.15) is 21.6 Å². The molecule has 0 amide bonds. The van der Waals surface area contributed by atoms with Crippen molar-refractivity contribution in [1.82, 2.24) is 4.98 Å². The Morgan fingerprint density at radius 1 is 1.27 bits per heavy atom. The van der Waals surface area contributed by atoms with E-state index in [1.165, 1.54) is 18.2 Å². The first kappa shape index (κ1) is 10.0. The Labute approximate surface area is 89.4 Å². The van der Waals surface area contributed by atoms with E-state index in [2.05, 4.69) is 4.98 Å². The number of anilines is 1. The average Bonchev–Trinajstić information content (AvgIpc) is 2.46. The number of thiazole rings is 1. The van der Waals surface area contributed by atoms with Crippen molar-refractivity contribution >= 4 is 16.3 Å². The number of halogens is 2. The second-order valence-corrected chi connectivity index (χ2v) is 4.10. The predicted octanol–water partition coefficient (Wildman–Crippen LogP) is 2.98. The molecule has 1 aromatic heterocycles. The summed E-state index contributed by atoms with van der Waals surface area (Å²) in [4.78, 5) is 4.02. The third-order valence-electron chi connectivity index (χ3n) is 2.01. The topological polar surface area (TPSA) is 38.9 Å². The Bertz CT molecular complexity index is 468. The third kappa shape index (κ3) is 1.70. The largest absolute Gasteiger partial charge is 0.389 e. The highest BCUT2D eigenvalue weighted by molar-refractivity contribution is 7.18. The predicted molar refractivity (Wildman–Crippen MR) is 56.6 cm³/mol. The highest BCUT2D eigenvalue weighted by Crippen LogP contribution is 2.32. The average molecular weight is 226 g/mol. The van der Waals surface area contributed by atoms with Crippen LogP contribution < -0.4 is 5.73 Å². The fourth-order valence-electron chi connectivity index (χ4n) is 1.22. The summed E-state index contributed by atoms with van der Waals surface area (Å²) in [6.07, 6.45) is 0. The Kier molecular flexibility index (Phi) is 2.40. The van der Waals surface area contributed by atoms with Gasteiger partial charge in [0, 0.05) is 0 Å². The van der Waals surface area contributed by atoms with E-state index in [-0.39, 0.29) is 10.6 Å². The van der Waals surface area contributed by atoms with E-state index >= 15 is 0 Å². The van der Waals surface area contributed by atoms with Gasteiger partial charge < -0.3 is 5.73 Å². The first-order valence-electron chi connectivity index (χ1n) is 4.27. The van der Waals surface area contributed by atoms with Crippen molar-refractivity contribution < 1.29 is 8.78 Å². The van der Waals surface area contributed by atoms with Crippen molar-refractivity contribution in [2.45, 2.75) is 6.92 Å². The SMILES string of the molecule is Cc1nc(-c2c(F)cccc2F)sc1N. The number of rotatable bonds is 1. The zero-order valence-electron chi connectivity index (χ0n) is 7.92. The summed E-state index contributed by atoms with van der Waals surface area (Å²) in [6.45, 7) is 1.70. The molecule has 0 unspecified atom stereocenters. The van der Waals surface area contributed by atoms with Gasteiger partial charge in [-0.3, -0.25) is 0 Å². The number of aryl methyl sites for hydroxylation is 1. The molecule has 0 radical (unpaired) electrons. The van der Waals surface area contributed by atoms with Crippen LogP contribution in [0.5, 0.6) is 0 Å². The monoisotopic (exact) mass is 226 g/mol. The molecule has 0 saturated carbocycles. The van der Waals surface area contributed by atoms with Crippen LogP contribution in [-0.4, -0.2) is 4.98 Å². The van der Waals surface area contributed by atoms with Gasteiger partial charge in [-0.05, 0) is 19.1 Å². The van der Waals surface area contributed by atoms with Gasteiger partial charge >= 0.3 is 0 Å². The molecule has 15 heavy (non-hydrogen) atoms. The second kappa shape index (κ2) is 3.58. The maximum absolute atomic E-state index is 13.4. The third-order valence-corrected chi connectivity index (χ3v) is 3.01. The van der Waals surface area contributed by atoms with Crippen molar-refractivity contribution in [2.75, 3.05) is 5.73 Å². The Morgan fingerprint density at radius 2 is 1.87 bits per heavy atom. The molecule has 1 heterocycles. The van der Waals surface area contributed by atoms with Gasteiger partial charge in [0.25, 0.3) is 0 Å². The zero-order valence-corrected chi connectivity index (χ0v) is 8.74. The van der Waals surface area contributed by atoms with Gasteiger partial charge in [-0.25, -0.2) is 13.8 Å². The molecule has 0 aliphatic rings. The molecule has 78 valence electrons. The molecular weight excluding hydrogens is 218 g/mol. The van der Waals surface area contributed by atoms with E-state index in [0.29, 0.717) is 10.7 Å². The van der Waals surface area contributed by atoms with Crippen molar-refractivity contribution in [3.8, 4) is 10.6 Å². The lowest BCUT2D eigenvalue weighted by molar-refractivity contribution is 0.589. The Morgan fingerprint density at radius 3 is 2.33 bits per heavy atom. The van der Waals surface area contributed by atoms with E-state index in [1.54, 1.807) is 6.92 Å². The van der Waals surface area contributed by atoms with E-state index in [0.717, 1.165) is 11.3 Å². The molecular formula is C10H8F2N2S. The molecule has 2 rings (SSSR count). The van der Waals surface area contributed by atoms with Crippen LogP contribution in [0.3, 0.4) is 0 Å². The number of benzene rings is 1. The fourth-order valence-corrected chi connectivity index (χ4v) is 2.10. The van der Waals surface area contributed by atoms with E-state index in [9.17, 15) is 8.78 Å². The van der Waals surface area contributed by atoms with Crippen molar-refractivity contribution in [3.05, 3.63) is 35.5 Å². The number of aromatic nitrogens is 1. The standard InChI is InChI=1S/C10H8F2N2S/c1-5-9(13)15-10(14-5)8-6(11)3-2-4-7(8)12/h2-4H,13H2,1H3. The summed E-state index contributed by atoms with van der Waals surface area (Å²) in [5, 5.41) is 0.758. The molecule has 2 aromatic rings. The summed E-state index contributed by atoms with van der Waals surface area (Å²) in [6, 6.07) is 3.72. The Balaban J connectivity index is 2.63. The minimum absolute atomic E-state index is 0.109. The van der Waals surface area contributed by atoms with Crippen LogP contribution in [0.2, 0.25) is 0 Å². The van der Waals surface area contributed by atoms with Crippen molar-refractivity contribution in [2.24, 2.45) is 0 Å². The van der Waals surface area contributed by atoms with Crippen LogP contribution >= 0.6 is 11.3 Å². The lowest BCUT2D eigenvalue weighted by Gasteiger charge is -1.99. The summed E-state index contributed by atoms with van der Waals surface area (Å²) >= 11 is 1.08. The fraction of sp³-hybridized carbons (Fsp3) is 0.100. The van der Waals surface area contributed by atoms with Crippen LogP contribution in [0.4, 0.5) is 13.8 Å². The molecule has 0 fully saturated rings. The maximum atomic E-state index is 13.4. The van der Waals surface area contributed by atoms with Crippen LogP contribution in [0.25, 0.3) is 10.6 Å². The molecule has 2 nitrogen and oxygen atoms in total. The second-order valence-electron chi connectivity index (χ2n) is 3.07. The first-order chi connectivity index (χ1) is 7.09. The molecule has 0 aliphatic heterocycles. The molecule has 2 N–H and O–H groups in total. The molecule has 5 heteroatoms. The van der Waals surface area contributed by atoms with Gasteiger partial charge in [0.15, 0.2) is 0 Å². The van der Waals surface area contributed by atoms with Crippen LogP contribution in [0.1, 0.15) is 5.69 Å². The zero-order chi connectivity index (χ0) is 11.0. The quantitative estimate of drug-likeness (QED) is 0.811. The molecule has 0 atom stereocenters. The lowest BCUT2D eigenvalue weighted by atomic mass is 10.2. The van der Waals surface area contributed by atoms with Gasteiger partial charge in [-0.15, -0.1) is 0 Å². The minimum atomic E-state index is -0.622. The summed E-state index contributed by atoms with van der Waals surface area (Å²) < 4.78 is 26.7. The summed E-state index contributed by atoms with van der Waals surface area (Å²) in [7, 11) is 0. The highest BCUT2D eigenvalue weighted by Gasteiger charge is 2.15. The van der Waals surface area contributed by atoms with Gasteiger partial charge in [-0.2, -0.15) is 0 Å². The van der Waals surface area contributed by atoms with E-state index in [1.807, 2.05) is 0 Å². The Hall–Kier alpha value is -1.49. The van der Waals surface area contributed by atoms with Crippen LogP contribution in [0, 0.1) is 18.6 Å². The number of hydrogen-bond donors (Lipinski definition) is 1. The van der Waals surface area contributed by atoms with Crippen LogP contribution in [-0.2, 0) is 0 Å².